The molecule has 0 amide bonds. The Morgan fingerprint density at radius 2 is 2.05 bits per heavy atom. The molecule has 0 bridgehead atoms. The first kappa shape index (κ1) is 15.3. The van der Waals surface area contributed by atoms with Crippen LogP contribution >= 0.6 is 11.8 Å². The molecule has 1 atom stereocenters. The molecular formula is C17H21N3OS. The summed E-state index contributed by atoms with van der Waals surface area (Å²) in [6.07, 6.45) is 5.07. The second kappa shape index (κ2) is 7.11. The molecule has 3 rings (SSSR count). The highest BCUT2D eigenvalue weighted by Gasteiger charge is 2.23. The van der Waals surface area contributed by atoms with Crippen LogP contribution in [-0.2, 0) is 13.0 Å². The lowest BCUT2D eigenvalue weighted by atomic mass is 10.1. The van der Waals surface area contributed by atoms with Crippen molar-refractivity contribution in [1.82, 2.24) is 14.9 Å². The van der Waals surface area contributed by atoms with E-state index in [-0.39, 0.29) is 6.10 Å². The highest BCUT2D eigenvalue weighted by molar-refractivity contribution is 7.99. The minimum Gasteiger partial charge on any atom is -0.488 e. The number of hydrogen-bond donors (Lipinski definition) is 0. The fraction of sp³-hybridized carbons (Fsp3) is 0.412. The molecule has 1 aromatic carbocycles. The molecule has 22 heavy (non-hydrogen) atoms. The third-order valence-electron chi connectivity index (χ3n) is 3.64. The fourth-order valence-electron chi connectivity index (χ4n) is 2.71. The number of benzene rings is 1. The van der Waals surface area contributed by atoms with Crippen molar-refractivity contribution < 1.29 is 4.74 Å². The third-order valence-corrected chi connectivity index (χ3v) is 4.39. The van der Waals surface area contributed by atoms with Gasteiger partial charge in [-0.05, 0) is 24.4 Å². The van der Waals surface area contributed by atoms with E-state index in [0.717, 1.165) is 41.7 Å². The van der Waals surface area contributed by atoms with Gasteiger partial charge in [-0.2, -0.15) is 0 Å². The lowest BCUT2D eigenvalue weighted by Crippen LogP contribution is -2.31. The van der Waals surface area contributed by atoms with Crippen molar-refractivity contribution in [2.45, 2.75) is 31.1 Å². The van der Waals surface area contributed by atoms with E-state index < -0.39 is 0 Å². The summed E-state index contributed by atoms with van der Waals surface area (Å²) in [6.45, 7) is 3.85. The first-order valence-corrected chi connectivity index (χ1v) is 8.60. The first-order chi connectivity index (χ1) is 10.7. The van der Waals surface area contributed by atoms with E-state index in [2.05, 4.69) is 41.0 Å². The molecule has 0 radical (unpaired) electrons. The number of fused-ring (bicyclic) bond motifs is 1. The first-order valence-electron chi connectivity index (χ1n) is 7.61. The molecule has 4 nitrogen and oxygen atoms in total. The summed E-state index contributed by atoms with van der Waals surface area (Å²) in [5.74, 6) is 2.03. The summed E-state index contributed by atoms with van der Waals surface area (Å²) >= 11 is 1.67. The molecule has 1 aromatic heterocycles. The molecule has 116 valence electrons. The number of hydrogen-bond acceptors (Lipinski definition) is 5. The number of likely N-dealkylation sites (N-methyl/N-ethyl adjacent to an activating group) is 1. The second-order valence-corrected chi connectivity index (χ2v) is 6.79. The zero-order valence-electron chi connectivity index (χ0n) is 13.0. The summed E-state index contributed by atoms with van der Waals surface area (Å²) in [7, 11) is 2.11. The third kappa shape index (κ3) is 3.78. The Labute approximate surface area is 135 Å². The molecule has 2 aromatic rings. The van der Waals surface area contributed by atoms with Crippen LogP contribution in [0.3, 0.4) is 0 Å². The van der Waals surface area contributed by atoms with E-state index in [9.17, 15) is 0 Å². The van der Waals surface area contributed by atoms with Gasteiger partial charge in [0.15, 0.2) is 5.16 Å². The Hall–Kier alpha value is -1.59. The predicted molar refractivity (Wildman–Crippen MR) is 89.3 cm³/mol. The van der Waals surface area contributed by atoms with Crippen LogP contribution in [0.2, 0.25) is 0 Å². The fourth-order valence-corrected chi connectivity index (χ4v) is 3.22. The van der Waals surface area contributed by atoms with Gasteiger partial charge in [-0.3, -0.25) is 4.90 Å². The van der Waals surface area contributed by atoms with Crippen molar-refractivity contribution >= 4 is 11.8 Å². The topological polar surface area (TPSA) is 38.2 Å². The van der Waals surface area contributed by atoms with Crippen molar-refractivity contribution in [1.29, 1.82) is 0 Å². The van der Waals surface area contributed by atoms with E-state index in [1.807, 2.05) is 24.5 Å². The molecule has 2 heterocycles. The van der Waals surface area contributed by atoms with Crippen LogP contribution in [0.25, 0.3) is 0 Å². The largest absolute Gasteiger partial charge is 0.488 e. The van der Waals surface area contributed by atoms with Crippen molar-refractivity contribution in [2.75, 3.05) is 19.3 Å². The Morgan fingerprint density at radius 3 is 2.77 bits per heavy atom. The molecule has 0 saturated heterocycles. The molecule has 1 aliphatic heterocycles. The van der Waals surface area contributed by atoms with Crippen LogP contribution in [0.5, 0.6) is 5.75 Å². The van der Waals surface area contributed by atoms with Gasteiger partial charge in [-0.1, -0.05) is 36.9 Å². The summed E-state index contributed by atoms with van der Waals surface area (Å²) in [6, 6.07) is 8.29. The Bertz CT molecular complexity index is 593. The zero-order chi connectivity index (χ0) is 15.4. The molecular weight excluding hydrogens is 294 g/mol. The standard InChI is InChI=1S/C17H21N3OS/c1-3-22-17-18-9-13(10-19-17)11-20(2)12-15-8-14-6-4-5-7-16(14)21-15/h4-7,9-10,15H,3,8,11-12H2,1-2H3/t15-/m1/s1. The molecule has 0 spiro atoms. The van der Waals surface area contributed by atoms with E-state index in [1.165, 1.54) is 5.56 Å². The van der Waals surface area contributed by atoms with E-state index >= 15 is 0 Å². The van der Waals surface area contributed by atoms with E-state index in [0.29, 0.717) is 0 Å². The van der Waals surface area contributed by atoms with Gasteiger partial charge in [-0.15, -0.1) is 0 Å². The molecule has 0 fully saturated rings. The van der Waals surface area contributed by atoms with Gasteiger partial charge in [-0.25, -0.2) is 9.97 Å². The van der Waals surface area contributed by atoms with Gasteiger partial charge in [0.2, 0.25) is 0 Å². The number of aromatic nitrogens is 2. The highest BCUT2D eigenvalue weighted by atomic mass is 32.2. The molecule has 5 heteroatoms. The molecule has 1 aliphatic rings. The van der Waals surface area contributed by atoms with Gasteiger partial charge >= 0.3 is 0 Å². The highest BCUT2D eigenvalue weighted by Crippen LogP contribution is 2.28. The number of nitrogens with zero attached hydrogens (tertiary/aromatic N) is 3. The number of ether oxygens (including phenoxy) is 1. The average molecular weight is 315 g/mol. The van der Waals surface area contributed by atoms with Gasteiger partial charge in [0.1, 0.15) is 11.9 Å². The van der Waals surface area contributed by atoms with Crippen molar-refractivity contribution in [3.05, 3.63) is 47.8 Å². The van der Waals surface area contributed by atoms with Crippen molar-refractivity contribution in [3.8, 4) is 5.75 Å². The quantitative estimate of drug-likeness (QED) is 0.605. The lowest BCUT2D eigenvalue weighted by molar-refractivity contribution is 0.165. The van der Waals surface area contributed by atoms with Crippen LogP contribution < -0.4 is 4.74 Å². The summed E-state index contributed by atoms with van der Waals surface area (Å²) in [5.41, 5.74) is 2.45. The smallest absolute Gasteiger partial charge is 0.187 e. The SMILES string of the molecule is CCSc1ncc(CN(C)C[C@H]2Cc3ccccc3O2)cn1. The van der Waals surface area contributed by atoms with Gasteiger partial charge < -0.3 is 4.74 Å². The number of rotatable bonds is 6. The van der Waals surface area contributed by atoms with Gasteiger partial charge in [0, 0.05) is 37.5 Å². The second-order valence-electron chi connectivity index (χ2n) is 5.56. The Balaban J connectivity index is 1.52. The van der Waals surface area contributed by atoms with E-state index in [1.54, 1.807) is 11.8 Å². The van der Waals surface area contributed by atoms with Crippen LogP contribution in [0.15, 0.2) is 41.8 Å². The van der Waals surface area contributed by atoms with Crippen LogP contribution in [-0.4, -0.2) is 40.3 Å². The van der Waals surface area contributed by atoms with Gasteiger partial charge in [0.25, 0.3) is 0 Å². The maximum absolute atomic E-state index is 5.99. The summed E-state index contributed by atoms with van der Waals surface area (Å²) in [4.78, 5) is 11.0. The number of thioether (sulfide) groups is 1. The van der Waals surface area contributed by atoms with Gasteiger partial charge in [0.05, 0.1) is 0 Å². The predicted octanol–water partition coefficient (Wildman–Crippen LogP) is 3.02. The van der Waals surface area contributed by atoms with Crippen molar-refractivity contribution in [2.24, 2.45) is 0 Å². The Kier molecular flexibility index (Phi) is 4.95. The average Bonchev–Trinajstić information content (AvgIpc) is 2.91. The minimum atomic E-state index is 0.234. The molecule has 0 N–H and O–H groups in total. The normalized spacial score (nSPS) is 16.6. The molecule has 0 aliphatic carbocycles. The maximum Gasteiger partial charge on any atom is 0.187 e. The molecule has 0 unspecified atom stereocenters. The Morgan fingerprint density at radius 1 is 1.27 bits per heavy atom. The van der Waals surface area contributed by atoms with Crippen LogP contribution in [0.1, 0.15) is 18.1 Å². The van der Waals surface area contributed by atoms with Crippen LogP contribution in [0, 0.1) is 0 Å². The maximum atomic E-state index is 5.99. The van der Waals surface area contributed by atoms with E-state index in [4.69, 9.17) is 4.74 Å². The summed E-state index contributed by atoms with van der Waals surface area (Å²) in [5, 5.41) is 0.850. The lowest BCUT2D eigenvalue weighted by Gasteiger charge is -2.20. The van der Waals surface area contributed by atoms with Crippen molar-refractivity contribution in [3.63, 3.8) is 0 Å². The minimum absolute atomic E-state index is 0.234. The monoisotopic (exact) mass is 315 g/mol. The zero-order valence-corrected chi connectivity index (χ0v) is 13.8. The van der Waals surface area contributed by atoms with Crippen LogP contribution in [0.4, 0.5) is 0 Å². The summed E-state index contributed by atoms with van der Waals surface area (Å²) < 4.78 is 5.99. The molecule has 0 saturated carbocycles. The number of para-hydroxylation sites is 1.